The van der Waals surface area contributed by atoms with Crippen LogP contribution in [0.3, 0.4) is 0 Å². The molecule has 0 unspecified atom stereocenters. The lowest BCUT2D eigenvalue weighted by Gasteiger charge is -2.30. The van der Waals surface area contributed by atoms with Crippen LogP contribution in [0.5, 0.6) is 0 Å². The Bertz CT molecular complexity index is 332. The molecule has 1 fully saturated rings. The van der Waals surface area contributed by atoms with Gasteiger partial charge < -0.3 is 10.2 Å². The minimum absolute atomic E-state index is 0.356. The Balaban J connectivity index is 1.97. The van der Waals surface area contributed by atoms with Gasteiger partial charge in [-0.1, -0.05) is 0 Å². The maximum Gasteiger partial charge on any atom is 0.296 e. The zero-order valence-electron chi connectivity index (χ0n) is 9.08. The van der Waals surface area contributed by atoms with Gasteiger partial charge in [0.1, 0.15) is 0 Å². The van der Waals surface area contributed by atoms with Crippen molar-refractivity contribution in [2.45, 2.75) is 25.3 Å². The van der Waals surface area contributed by atoms with E-state index < -0.39 is 6.43 Å². The second-order valence-electron chi connectivity index (χ2n) is 3.87. The van der Waals surface area contributed by atoms with E-state index in [-0.39, 0.29) is 5.82 Å². The predicted octanol–water partition coefficient (Wildman–Crippen LogP) is 0.930. The van der Waals surface area contributed by atoms with Crippen molar-refractivity contribution in [2.75, 3.05) is 25.0 Å². The van der Waals surface area contributed by atoms with Crippen LogP contribution in [-0.4, -0.2) is 41.4 Å². The van der Waals surface area contributed by atoms with Gasteiger partial charge in [0.05, 0.1) is 0 Å². The van der Waals surface area contributed by atoms with Crippen LogP contribution < -0.4 is 10.2 Å². The molecule has 1 saturated heterocycles. The van der Waals surface area contributed by atoms with Gasteiger partial charge >= 0.3 is 0 Å². The van der Waals surface area contributed by atoms with E-state index in [1.807, 2.05) is 11.9 Å². The topological polar surface area (TPSA) is 56.8 Å². The molecule has 0 amide bonds. The van der Waals surface area contributed by atoms with Crippen LogP contribution in [0.25, 0.3) is 0 Å². The van der Waals surface area contributed by atoms with Crippen molar-refractivity contribution in [2.24, 2.45) is 0 Å². The zero-order valence-corrected chi connectivity index (χ0v) is 9.08. The number of aromatic nitrogens is 3. The van der Waals surface area contributed by atoms with E-state index in [2.05, 4.69) is 20.5 Å². The lowest BCUT2D eigenvalue weighted by atomic mass is 10.1. The fraction of sp³-hybridized carbons (Fsp3) is 0.778. The molecule has 2 rings (SSSR count). The number of aromatic amines is 1. The minimum atomic E-state index is -2.59. The number of nitrogens with one attached hydrogen (secondary N) is 2. The molecule has 2 heterocycles. The molecular formula is C9H15F2N5. The summed E-state index contributed by atoms with van der Waals surface area (Å²) in [5.41, 5.74) is 0. The molecule has 0 spiro atoms. The SMILES string of the molecule is CNC1CCN(c2n[nH]c(C(F)F)n2)CC1. The first-order chi connectivity index (χ1) is 7.70. The van der Waals surface area contributed by atoms with E-state index in [1.165, 1.54) is 0 Å². The lowest BCUT2D eigenvalue weighted by Crippen LogP contribution is -2.41. The third-order valence-electron chi connectivity index (χ3n) is 2.88. The molecule has 5 nitrogen and oxygen atoms in total. The molecule has 0 atom stereocenters. The average Bonchev–Trinajstić information content (AvgIpc) is 2.78. The minimum Gasteiger partial charge on any atom is -0.339 e. The summed E-state index contributed by atoms with van der Waals surface area (Å²) < 4.78 is 24.6. The molecular weight excluding hydrogens is 216 g/mol. The van der Waals surface area contributed by atoms with E-state index in [1.54, 1.807) is 0 Å². The number of hydrogen-bond acceptors (Lipinski definition) is 4. The van der Waals surface area contributed by atoms with Crippen molar-refractivity contribution < 1.29 is 8.78 Å². The lowest BCUT2D eigenvalue weighted by molar-refractivity contribution is 0.141. The van der Waals surface area contributed by atoms with E-state index >= 15 is 0 Å². The molecule has 0 aliphatic carbocycles. The van der Waals surface area contributed by atoms with Crippen LogP contribution in [-0.2, 0) is 0 Å². The predicted molar refractivity (Wildman–Crippen MR) is 55.6 cm³/mol. The number of hydrogen-bond donors (Lipinski definition) is 2. The van der Waals surface area contributed by atoms with Crippen molar-refractivity contribution in [3.05, 3.63) is 5.82 Å². The summed E-state index contributed by atoms with van der Waals surface area (Å²) in [6, 6.07) is 0.504. The number of piperidine rings is 1. The van der Waals surface area contributed by atoms with Crippen LogP contribution in [0.2, 0.25) is 0 Å². The molecule has 1 aromatic rings. The Morgan fingerprint density at radius 3 is 2.62 bits per heavy atom. The summed E-state index contributed by atoms with van der Waals surface area (Å²) in [4.78, 5) is 5.70. The third kappa shape index (κ3) is 2.29. The van der Waals surface area contributed by atoms with Crippen molar-refractivity contribution in [3.8, 4) is 0 Å². The van der Waals surface area contributed by atoms with Crippen LogP contribution in [0.4, 0.5) is 14.7 Å². The Morgan fingerprint density at radius 1 is 1.44 bits per heavy atom. The van der Waals surface area contributed by atoms with E-state index in [0.29, 0.717) is 12.0 Å². The highest BCUT2D eigenvalue weighted by Crippen LogP contribution is 2.19. The summed E-state index contributed by atoms with van der Waals surface area (Å²) in [6.07, 6.45) is -0.625. The van der Waals surface area contributed by atoms with Crippen LogP contribution in [0.1, 0.15) is 25.1 Å². The molecule has 90 valence electrons. The van der Waals surface area contributed by atoms with Gasteiger partial charge in [-0.05, 0) is 19.9 Å². The number of nitrogens with zero attached hydrogens (tertiary/aromatic N) is 3. The molecule has 1 aromatic heterocycles. The second kappa shape index (κ2) is 4.73. The number of H-pyrrole nitrogens is 1. The number of alkyl halides is 2. The normalized spacial score (nSPS) is 18.4. The summed E-state index contributed by atoms with van der Waals surface area (Å²) in [5, 5.41) is 9.26. The van der Waals surface area contributed by atoms with Gasteiger partial charge in [-0.15, -0.1) is 5.10 Å². The maximum atomic E-state index is 12.3. The summed E-state index contributed by atoms with van der Waals surface area (Å²) >= 11 is 0. The van der Waals surface area contributed by atoms with Gasteiger partial charge in [0, 0.05) is 19.1 Å². The highest BCUT2D eigenvalue weighted by atomic mass is 19.3. The summed E-state index contributed by atoms with van der Waals surface area (Å²) in [6.45, 7) is 1.60. The van der Waals surface area contributed by atoms with Crippen LogP contribution >= 0.6 is 0 Å². The first-order valence-electron chi connectivity index (χ1n) is 5.33. The molecule has 0 bridgehead atoms. The Labute approximate surface area is 92.2 Å². The van der Waals surface area contributed by atoms with Gasteiger partial charge in [0.25, 0.3) is 6.43 Å². The highest BCUT2D eigenvalue weighted by molar-refractivity contribution is 5.29. The fourth-order valence-electron chi connectivity index (χ4n) is 1.87. The molecule has 1 aliphatic heterocycles. The molecule has 16 heavy (non-hydrogen) atoms. The standard InChI is InChI=1S/C9H15F2N5/c1-12-6-2-4-16(5-3-6)9-13-8(7(10)11)14-15-9/h6-7,12H,2-5H2,1H3,(H,13,14,15). The van der Waals surface area contributed by atoms with Crippen molar-refractivity contribution in [3.63, 3.8) is 0 Å². The Hall–Kier alpha value is -1.24. The van der Waals surface area contributed by atoms with Gasteiger partial charge in [-0.2, -0.15) is 4.98 Å². The van der Waals surface area contributed by atoms with Gasteiger partial charge in [-0.3, -0.25) is 5.10 Å². The van der Waals surface area contributed by atoms with Crippen molar-refractivity contribution in [1.29, 1.82) is 0 Å². The molecule has 1 aliphatic rings. The summed E-state index contributed by atoms with van der Waals surface area (Å²) in [5.74, 6) is 0.0237. The first-order valence-corrected chi connectivity index (χ1v) is 5.33. The zero-order chi connectivity index (χ0) is 11.5. The molecule has 7 heteroatoms. The Kier molecular flexibility index (Phi) is 3.33. The molecule has 0 aromatic carbocycles. The van der Waals surface area contributed by atoms with Crippen LogP contribution in [0, 0.1) is 0 Å². The van der Waals surface area contributed by atoms with E-state index in [9.17, 15) is 8.78 Å². The van der Waals surface area contributed by atoms with Crippen molar-refractivity contribution >= 4 is 5.95 Å². The first kappa shape index (κ1) is 11.3. The number of rotatable bonds is 3. The number of halogens is 2. The smallest absolute Gasteiger partial charge is 0.296 e. The molecule has 0 radical (unpaired) electrons. The maximum absolute atomic E-state index is 12.3. The summed E-state index contributed by atoms with van der Waals surface area (Å²) in [7, 11) is 1.93. The second-order valence-corrected chi connectivity index (χ2v) is 3.87. The van der Waals surface area contributed by atoms with Crippen LogP contribution in [0.15, 0.2) is 0 Å². The average molecular weight is 231 g/mol. The molecule has 2 N–H and O–H groups in total. The largest absolute Gasteiger partial charge is 0.339 e. The van der Waals surface area contributed by atoms with E-state index in [0.717, 1.165) is 25.9 Å². The Morgan fingerprint density at radius 2 is 2.12 bits per heavy atom. The van der Waals surface area contributed by atoms with Crippen molar-refractivity contribution in [1.82, 2.24) is 20.5 Å². The third-order valence-corrected chi connectivity index (χ3v) is 2.88. The van der Waals surface area contributed by atoms with Gasteiger partial charge in [0.15, 0.2) is 5.82 Å². The monoisotopic (exact) mass is 231 g/mol. The van der Waals surface area contributed by atoms with Gasteiger partial charge in [-0.25, -0.2) is 8.78 Å². The van der Waals surface area contributed by atoms with E-state index in [4.69, 9.17) is 0 Å². The highest BCUT2D eigenvalue weighted by Gasteiger charge is 2.22. The number of anilines is 1. The van der Waals surface area contributed by atoms with Gasteiger partial charge in [0.2, 0.25) is 5.95 Å². The fourth-order valence-corrected chi connectivity index (χ4v) is 1.87. The quantitative estimate of drug-likeness (QED) is 0.812. The molecule has 0 saturated carbocycles.